The fourth-order valence-electron chi connectivity index (χ4n) is 2.35. The van der Waals surface area contributed by atoms with Gasteiger partial charge in [0.1, 0.15) is 0 Å². The van der Waals surface area contributed by atoms with Gasteiger partial charge in [-0.1, -0.05) is 23.7 Å². The normalized spacial score (nSPS) is 13.5. The SMILES string of the molecule is Cc1ccc(Cl)cc1NC(=S)NC(C)c1ccc2c(c1)OCO2. The van der Waals surface area contributed by atoms with Crippen LogP contribution in [0.5, 0.6) is 11.5 Å². The molecule has 0 amide bonds. The van der Waals surface area contributed by atoms with Gasteiger partial charge in [-0.05, 0) is 61.5 Å². The third kappa shape index (κ3) is 3.68. The maximum Gasteiger partial charge on any atom is 0.231 e. The number of anilines is 1. The highest BCUT2D eigenvalue weighted by atomic mass is 35.5. The van der Waals surface area contributed by atoms with Gasteiger partial charge in [0.15, 0.2) is 16.6 Å². The van der Waals surface area contributed by atoms with Crippen molar-refractivity contribution in [3.63, 3.8) is 0 Å². The van der Waals surface area contributed by atoms with Gasteiger partial charge in [-0.3, -0.25) is 0 Å². The summed E-state index contributed by atoms with van der Waals surface area (Å²) in [5, 5.41) is 7.66. The Bertz CT molecular complexity index is 751. The van der Waals surface area contributed by atoms with E-state index in [1.807, 2.05) is 50.2 Å². The Kier molecular flexibility index (Phi) is 4.59. The predicted molar refractivity (Wildman–Crippen MR) is 96.5 cm³/mol. The first kappa shape index (κ1) is 15.9. The van der Waals surface area contributed by atoms with Crippen molar-refractivity contribution in [1.29, 1.82) is 0 Å². The molecule has 0 aliphatic carbocycles. The summed E-state index contributed by atoms with van der Waals surface area (Å²) in [5.41, 5.74) is 3.04. The second-order valence-corrected chi connectivity index (χ2v) is 6.24. The molecule has 0 bridgehead atoms. The van der Waals surface area contributed by atoms with Crippen molar-refractivity contribution in [3.8, 4) is 11.5 Å². The van der Waals surface area contributed by atoms with E-state index in [2.05, 4.69) is 10.6 Å². The third-order valence-electron chi connectivity index (χ3n) is 3.69. The van der Waals surface area contributed by atoms with Crippen LogP contribution < -0.4 is 20.1 Å². The lowest BCUT2D eigenvalue weighted by Crippen LogP contribution is -2.31. The third-order valence-corrected chi connectivity index (χ3v) is 4.15. The second-order valence-electron chi connectivity index (χ2n) is 5.39. The van der Waals surface area contributed by atoms with Gasteiger partial charge in [0.05, 0.1) is 6.04 Å². The first-order valence-electron chi connectivity index (χ1n) is 7.26. The number of fused-ring (bicyclic) bond motifs is 1. The molecule has 2 N–H and O–H groups in total. The summed E-state index contributed by atoms with van der Waals surface area (Å²) in [5.74, 6) is 1.54. The minimum atomic E-state index is 0.0315. The van der Waals surface area contributed by atoms with E-state index in [0.717, 1.165) is 28.3 Å². The van der Waals surface area contributed by atoms with Crippen LogP contribution in [-0.4, -0.2) is 11.9 Å². The Morgan fingerprint density at radius 2 is 1.96 bits per heavy atom. The van der Waals surface area contributed by atoms with Crippen LogP contribution in [0.1, 0.15) is 24.1 Å². The molecule has 1 atom stereocenters. The van der Waals surface area contributed by atoms with Crippen molar-refractivity contribution in [2.24, 2.45) is 0 Å². The molecule has 1 unspecified atom stereocenters. The van der Waals surface area contributed by atoms with E-state index in [-0.39, 0.29) is 12.8 Å². The van der Waals surface area contributed by atoms with Crippen molar-refractivity contribution in [1.82, 2.24) is 5.32 Å². The van der Waals surface area contributed by atoms with Crippen molar-refractivity contribution in [3.05, 3.63) is 52.5 Å². The van der Waals surface area contributed by atoms with E-state index in [1.54, 1.807) is 0 Å². The number of ether oxygens (including phenoxy) is 2. The molecular weight excluding hydrogens is 332 g/mol. The predicted octanol–water partition coefficient (Wildman–Crippen LogP) is 4.42. The van der Waals surface area contributed by atoms with Gasteiger partial charge in [-0.2, -0.15) is 0 Å². The molecule has 23 heavy (non-hydrogen) atoms. The standard InChI is InChI=1S/C17H17ClN2O2S/c1-10-3-5-13(18)8-14(10)20-17(23)19-11(2)12-4-6-15-16(7-12)22-9-21-15/h3-8,11H,9H2,1-2H3,(H2,19,20,23). The molecule has 4 nitrogen and oxygen atoms in total. The number of hydrogen-bond donors (Lipinski definition) is 2. The molecule has 0 spiro atoms. The molecule has 120 valence electrons. The number of thiocarbonyl (C=S) groups is 1. The Hall–Kier alpha value is -1.98. The highest BCUT2D eigenvalue weighted by Crippen LogP contribution is 2.34. The lowest BCUT2D eigenvalue weighted by atomic mass is 10.1. The van der Waals surface area contributed by atoms with Gasteiger partial charge in [-0.15, -0.1) is 0 Å². The van der Waals surface area contributed by atoms with E-state index < -0.39 is 0 Å². The van der Waals surface area contributed by atoms with Crippen LogP contribution >= 0.6 is 23.8 Å². The molecule has 2 aromatic carbocycles. The summed E-state index contributed by atoms with van der Waals surface area (Å²) >= 11 is 11.4. The van der Waals surface area contributed by atoms with Crippen LogP contribution in [0.4, 0.5) is 5.69 Å². The Morgan fingerprint density at radius 1 is 1.17 bits per heavy atom. The second kappa shape index (κ2) is 6.64. The molecule has 0 saturated heterocycles. The highest BCUT2D eigenvalue weighted by Gasteiger charge is 2.16. The molecule has 3 rings (SSSR count). The Labute approximate surface area is 145 Å². The molecule has 6 heteroatoms. The number of hydrogen-bond acceptors (Lipinski definition) is 3. The van der Waals surface area contributed by atoms with Gasteiger partial charge in [0, 0.05) is 10.7 Å². The molecule has 1 aliphatic heterocycles. The highest BCUT2D eigenvalue weighted by molar-refractivity contribution is 7.80. The van der Waals surface area contributed by atoms with Gasteiger partial charge in [-0.25, -0.2) is 0 Å². The Balaban J connectivity index is 1.66. The summed E-state index contributed by atoms with van der Waals surface area (Å²) in [7, 11) is 0. The lowest BCUT2D eigenvalue weighted by molar-refractivity contribution is 0.174. The van der Waals surface area contributed by atoms with Crippen LogP contribution in [0.25, 0.3) is 0 Å². The molecule has 1 heterocycles. The van der Waals surface area contributed by atoms with Crippen LogP contribution in [0.3, 0.4) is 0 Å². The topological polar surface area (TPSA) is 42.5 Å². The summed E-state index contributed by atoms with van der Waals surface area (Å²) in [4.78, 5) is 0. The van der Waals surface area contributed by atoms with Crippen molar-refractivity contribution >= 4 is 34.6 Å². The van der Waals surface area contributed by atoms with E-state index in [9.17, 15) is 0 Å². The van der Waals surface area contributed by atoms with Crippen LogP contribution in [0.2, 0.25) is 5.02 Å². The first-order valence-corrected chi connectivity index (χ1v) is 8.05. The molecular formula is C17H17ClN2O2S. The maximum absolute atomic E-state index is 6.03. The molecule has 0 saturated carbocycles. The van der Waals surface area contributed by atoms with Gasteiger partial charge >= 0.3 is 0 Å². The van der Waals surface area contributed by atoms with Crippen LogP contribution in [0, 0.1) is 6.92 Å². The average Bonchev–Trinajstić information content (AvgIpc) is 2.98. The zero-order valence-electron chi connectivity index (χ0n) is 12.9. The first-order chi connectivity index (χ1) is 11.0. The monoisotopic (exact) mass is 348 g/mol. The number of halogens is 1. The number of rotatable bonds is 3. The van der Waals surface area contributed by atoms with Crippen molar-refractivity contribution < 1.29 is 9.47 Å². The van der Waals surface area contributed by atoms with Gasteiger partial charge < -0.3 is 20.1 Å². The molecule has 1 aliphatic rings. The molecule has 2 aromatic rings. The summed E-state index contributed by atoms with van der Waals surface area (Å²) < 4.78 is 10.7. The zero-order chi connectivity index (χ0) is 16.4. The van der Waals surface area contributed by atoms with E-state index in [4.69, 9.17) is 33.3 Å². The lowest BCUT2D eigenvalue weighted by Gasteiger charge is -2.18. The summed E-state index contributed by atoms with van der Waals surface area (Å²) in [6.07, 6.45) is 0. The van der Waals surface area contributed by atoms with Crippen molar-refractivity contribution in [2.45, 2.75) is 19.9 Å². The summed E-state index contributed by atoms with van der Waals surface area (Å²) in [6.45, 7) is 4.31. The minimum absolute atomic E-state index is 0.0315. The smallest absolute Gasteiger partial charge is 0.231 e. The zero-order valence-corrected chi connectivity index (χ0v) is 14.4. The molecule has 0 aromatic heterocycles. The summed E-state index contributed by atoms with van der Waals surface area (Å²) in [6, 6.07) is 11.6. The fourth-order valence-corrected chi connectivity index (χ4v) is 2.81. The molecule has 0 fully saturated rings. The average molecular weight is 349 g/mol. The number of nitrogens with one attached hydrogen (secondary N) is 2. The van der Waals surface area contributed by atoms with Crippen LogP contribution in [-0.2, 0) is 0 Å². The Morgan fingerprint density at radius 3 is 2.78 bits per heavy atom. The fraction of sp³-hybridized carbons (Fsp3) is 0.235. The van der Waals surface area contributed by atoms with Crippen molar-refractivity contribution in [2.75, 3.05) is 12.1 Å². The molecule has 0 radical (unpaired) electrons. The van der Waals surface area contributed by atoms with Crippen LogP contribution in [0.15, 0.2) is 36.4 Å². The maximum atomic E-state index is 6.03. The van der Waals surface area contributed by atoms with E-state index in [1.165, 1.54) is 0 Å². The number of benzene rings is 2. The van der Waals surface area contributed by atoms with Gasteiger partial charge in [0.2, 0.25) is 6.79 Å². The van der Waals surface area contributed by atoms with E-state index >= 15 is 0 Å². The minimum Gasteiger partial charge on any atom is -0.454 e. The van der Waals surface area contributed by atoms with Gasteiger partial charge in [0.25, 0.3) is 0 Å². The largest absolute Gasteiger partial charge is 0.454 e. The quantitative estimate of drug-likeness (QED) is 0.803. The van der Waals surface area contributed by atoms with E-state index in [0.29, 0.717) is 10.1 Å². The number of aryl methyl sites for hydroxylation is 1.